The average molecular weight is 293 g/mol. The Morgan fingerprint density at radius 3 is 2.05 bits per heavy atom. The molecule has 8 nitrogen and oxygen atoms in total. The lowest BCUT2D eigenvalue weighted by Crippen LogP contribution is -2.33. The third kappa shape index (κ3) is 4.41. The summed E-state index contributed by atoms with van der Waals surface area (Å²) in [7, 11) is -3.60. The average Bonchev–Trinajstić information content (AvgIpc) is 2.61. The van der Waals surface area contributed by atoms with Crippen LogP contribution in [0.5, 0.6) is 0 Å². The van der Waals surface area contributed by atoms with Crippen molar-refractivity contribution in [2.75, 3.05) is 19.4 Å². The second kappa shape index (κ2) is 6.79. The van der Waals surface area contributed by atoms with Crippen molar-refractivity contribution in [3.63, 3.8) is 0 Å². The van der Waals surface area contributed by atoms with Crippen LogP contribution in [0, 0.1) is 0 Å². The van der Waals surface area contributed by atoms with E-state index in [0.29, 0.717) is 5.06 Å². The zero-order valence-corrected chi connectivity index (χ0v) is 11.7. The van der Waals surface area contributed by atoms with Crippen molar-refractivity contribution in [3.05, 3.63) is 0 Å². The van der Waals surface area contributed by atoms with Crippen LogP contribution in [0.3, 0.4) is 0 Å². The Labute approximate surface area is 110 Å². The number of hydrogen-bond acceptors (Lipinski definition) is 7. The summed E-state index contributed by atoms with van der Waals surface area (Å²) in [6, 6.07) is 0. The first-order valence-corrected chi connectivity index (χ1v) is 7.59. The molecule has 0 unspecified atom stereocenters. The Morgan fingerprint density at radius 2 is 1.63 bits per heavy atom. The van der Waals surface area contributed by atoms with Gasteiger partial charge in [-0.15, -0.1) is 5.06 Å². The van der Waals surface area contributed by atoms with E-state index in [9.17, 15) is 18.9 Å². The summed E-state index contributed by atoms with van der Waals surface area (Å²) in [6.45, 7) is 3.41. The van der Waals surface area contributed by atoms with Gasteiger partial charge in [-0.25, -0.2) is 4.79 Å². The largest absolute Gasteiger partial charge is 0.345 e. The molecular weight excluding hydrogens is 277 g/mol. The maximum Gasteiger partial charge on any atom is 0.345 e. The molecule has 0 radical (unpaired) electrons. The van der Waals surface area contributed by atoms with E-state index in [-0.39, 0.29) is 26.1 Å². The Balaban J connectivity index is 2.60. The number of rotatable bonds is 7. The third-order valence-electron chi connectivity index (χ3n) is 2.17. The Hall–Kier alpha value is -1.24. The smallest absolute Gasteiger partial charge is 0.330 e. The van der Waals surface area contributed by atoms with Gasteiger partial charge >= 0.3 is 13.6 Å². The van der Waals surface area contributed by atoms with Crippen LogP contribution in [0.15, 0.2) is 0 Å². The predicted molar refractivity (Wildman–Crippen MR) is 62.9 cm³/mol. The number of amides is 2. The second-order valence-electron chi connectivity index (χ2n) is 3.65. The van der Waals surface area contributed by atoms with Crippen molar-refractivity contribution in [2.45, 2.75) is 26.7 Å². The first kappa shape index (κ1) is 15.8. The molecule has 2 amide bonds. The molecule has 0 N–H and O–H groups in total. The van der Waals surface area contributed by atoms with Crippen molar-refractivity contribution >= 4 is 25.4 Å². The van der Waals surface area contributed by atoms with Gasteiger partial charge in [0.1, 0.15) is 0 Å². The molecule has 1 aliphatic rings. The summed E-state index contributed by atoms with van der Waals surface area (Å²) in [5, 5.41) is 0.393. The minimum atomic E-state index is -3.60. The van der Waals surface area contributed by atoms with Gasteiger partial charge < -0.3 is 13.9 Å². The number of hydrogen-bond donors (Lipinski definition) is 0. The Morgan fingerprint density at radius 1 is 1.16 bits per heavy atom. The summed E-state index contributed by atoms with van der Waals surface area (Å²) < 4.78 is 21.8. The summed E-state index contributed by atoms with van der Waals surface area (Å²) in [6.07, 6.45) is -0.646. The molecule has 0 saturated carbocycles. The van der Waals surface area contributed by atoms with Gasteiger partial charge in [-0.2, -0.15) is 0 Å². The predicted octanol–water partition coefficient (Wildman–Crippen LogP) is 0.860. The van der Waals surface area contributed by atoms with Gasteiger partial charge in [0.05, 0.1) is 13.2 Å². The summed E-state index contributed by atoms with van der Waals surface area (Å²) in [4.78, 5) is 38.6. The lowest BCUT2D eigenvalue weighted by Gasteiger charge is -2.17. The van der Waals surface area contributed by atoms with Gasteiger partial charge in [-0.1, -0.05) is 0 Å². The molecule has 108 valence electrons. The minimum absolute atomic E-state index is 0.000689. The summed E-state index contributed by atoms with van der Waals surface area (Å²) in [5.74, 6) is -2.20. The maximum absolute atomic E-state index is 12.0. The standard InChI is InChI=1S/C10H16NO7P/c1-3-16-19(15,17-4-2)7-10(14)18-11-8(12)5-6-9(11)13/h3-7H2,1-2H3. The Bertz CT molecular complexity index is 396. The highest BCUT2D eigenvalue weighted by Crippen LogP contribution is 2.47. The van der Waals surface area contributed by atoms with Crippen molar-refractivity contribution in [1.82, 2.24) is 5.06 Å². The molecule has 1 fully saturated rings. The molecule has 0 bridgehead atoms. The molecule has 0 atom stereocenters. The molecule has 0 aliphatic carbocycles. The van der Waals surface area contributed by atoms with Gasteiger partial charge in [-0.3, -0.25) is 14.2 Å². The van der Waals surface area contributed by atoms with Crippen LogP contribution in [0.4, 0.5) is 0 Å². The second-order valence-corrected chi connectivity index (χ2v) is 5.70. The molecule has 1 rings (SSSR count). The van der Waals surface area contributed by atoms with Crippen molar-refractivity contribution in [3.8, 4) is 0 Å². The van der Waals surface area contributed by atoms with Crippen molar-refractivity contribution < 1.29 is 32.8 Å². The van der Waals surface area contributed by atoms with E-state index in [1.807, 2.05) is 0 Å². The number of imide groups is 1. The highest BCUT2D eigenvalue weighted by molar-refractivity contribution is 7.54. The highest BCUT2D eigenvalue weighted by Gasteiger charge is 2.36. The topological polar surface area (TPSA) is 99.2 Å². The van der Waals surface area contributed by atoms with E-state index in [2.05, 4.69) is 4.84 Å². The highest BCUT2D eigenvalue weighted by atomic mass is 31.2. The molecule has 9 heteroatoms. The molecular formula is C10H16NO7P. The fourth-order valence-corrected chi connectivity index (χ4v) is 2.89. The van der Waals surface area contributed by atoms with E-state index in [1.54, 1.807) is 13.8 Å². The lowest BCUT2D eigenvalue weighted by atomic mass is 10.4. The number of nitrogens with zero attached hydrogens (tertiary/aromatic N) is 1. The summed E-state index contributed by atoms with van der Waals surface area (Å²) >= 11 is 0. The number of hydroxylamine groups is 2. The van der Waals surface area contributed by atoms with Crippen LogP contribution in [0.25, 0.3) is 0 Å². The lowest BCUT2D eigenvalue weighted by molar-refractivity contribution is -0.195. The molecule has 1 heterocycles. The van der Waals surface area contributed by atoms with E-state index in [1.165, 1.54) is 0 Å². The molecule has 0 aromatic carbocycles. The van der Waals surface area contributed by atoms with E-state index in [4.69, 9.17) is 9.05 Å². The first-order chi connectivity index (χ1) is 8.91. The van der Waals surface area contributed by atoms with Crippen LogP contribution in [-0.4, -0.2) is 42.2 Å². The third-order valence-corrected chi connectivity index (χ3v) is 4.12. The molecule has 1 saturated heterocycles. The molecule has 1 aliphatic heterocycles. The molecule has 0 spiro atoms. The van der Waals surface area contributed by atoms with Gasteiger partial charge in [0.15, 0.2) is 6.16 Å². The molecule has 0 aromatic heterocycles. The van der Waals surface area contributed by atoms with Crippen LogP contribution >= 0.6 is 7.60 Å². The fourth-order valence-electron chi connectivity index (χ4n) is 1.47. The zero-order chi connectivity index (χ0) is 14.5. The van der Waals surface area contributed by atoms with Gasteiger partial charge in [0, 0.05) is 12.8 Å². The minimum Gasteiger partial charge on any atom is -0.330 e. The molecule has 0 aromatic rings. The maximum atomic E-state index is 12.0. The molecule has 19 heavy (non-hydrogen) atoms. The quantitative estimate of drug-likeness (QED) is 0.507. The van der Waals surface area contributed by atoms with Gasteiger partial charge in [0.2, 0.25) is 0 Å². The van der Waals surface area contributed by atoms with E-state index < -0.39 is 31.5 Å². The van der Waals surface area contributed by atoms with Crippen LogP contribution in [0.2, 0.25) is 0 Å². The van der Waals surface area contributed by atoms with Crippen LogP contribution < -0.4 is 0 Å². The van der Waals surface area contributed by atoms with Crippen molar-refractivity contribution in [1.29, 1.82) is 0 Å². The SMILES string of the molecule is CCOP(=O)(CC(=O)ON1C(=O)CCC1=O)OCC. The number of carbonyl (C=O) groups excluding carboxylic acids is 3. The van der Waals surface area contributed by atoms with Crippen LogP contribution in [0.1, 0.15) is 26.7 Å². The van der Waals surface area contributed by atoms with Crippen molar-refractivity contribution in [2.24, 2.45) is 0 Å². The number of carbonyl (C=O) groups is 3. The normalized spacial score (nSPS) is 16.0. The van der Waals surface area contributed by atoms with Gasteiger partial charge in [0.25, 0.3) is 11.8 Å². The fraction of sp³-hybridized carbons (Fsp3) is 0.700. The zero-order valence-electron chi connectivity index (χ0n) is 10.8. The van der Waals surface area contributed by atoms with E-state index >= 15 is 0 Å². The monoisotopic (exact) mass is 293 g/mol. The Kier molecular flexibility index (Phi) is 5.65. The first-order valence-electron chi connectivity index (χ1n) is 5.86. The summed E-state index contributed by atoms with van der Waals surface area (Å²) in [5.41, 5.74) is 0. The van der Waals surface area contributed by atoms with Crippen LogP contribution in [-0.2, 0) is 32.8 Å². The van der Waals surface area contributed by atoms with Gasteiger partial charge in [-0.05, 0) is 13.8 Å². The van der Waals surface area contributed by atoms with E-state index in [0.717, 1.165) is 0 Å².